The Hall–Kier alpha value is -1.31. The van der Waals surface area contributed by atoms with Crippen LogP contribution in [0.5, 0.6) is 0 Å². The van der Waals surface area contributed by atoms with Gasteiger partial charge in [-0.3, -0.25) is 4.79 Å². The number of benzene rings is 1. The van der Waals surface area contributed by atoms with Gasteiger partial charge in [0.25, 0.3) is 0 Å². The first-order valence-electron chi connectivity index (χ1n) is 9.10. The first kappa shape index (κ1) is 22.0. The van der Waals surface area contributed by atoms with Crippen LogP contribution in [0.3, 0.4) is 0 Å². The highest BCUT2D eigenvalue weighted by molar-refractivity contribution is 5.85. The number of aliphatic hydroxyl groups is 1. The van der Waals surface area contributed by atoms with E-state index in [4.69, 9.17) is 5.73 Å². The molecule has 8 heteroatoms. The van der Waals surface area contributed by atoms with Gasteiger partial charge in [-0.1, -0.05) is 36.8 Å². The van der Waals surface area contributed by atoms with Gasteiger partial charge in [0.05, 0.1) is 6.54 Å². The molecule has 3 atom stereocenters. The van der Waals surface area contributed by atoms with Crippen LogP contribution in [0.4, 0.5) is 13.2 Å². The normalized spacial score (nSPS) is 30.0. The van der Waals surface area contributed by atoms with Crippen molar-refractivity contribution in [2.75, 3.05) is 6.54 Å². The molecule has 1 amide bonds. The summed E-state index contributed by atoms with van der Waals surface area (Å²) in [5.74, 6) is -0.242. The summed E-state index contributed by atoms with van der Waals surface area (Å²) in [6.45, 7) is -0.892. The quantitative estimate of drug-likeness (QED) is 0.719. The molecule has 0 aromatic heterocycles. The van der Waals surface area contributed by atoms with Crippen LogP contribution in [-0.4, -0.2) is 29.8 Å². The molecule has 3 unspecified atom stereocenters. The van der Waals surface area contributed by atoms with Gasteiger partial charge in [0.2, 0.25) is 11.5 Å². The van der Waals surface area contributed by atoms with Crippen LogP contribution in [0, 0.1) is 17.8 Å². The number of carbonyl (C=O) groups is 1. The fourth-order valence-electron chi connectivity index (χ4n) is 4.44. The Labute approximate surface area is 163 Å². The molecule has 3 rings (SSSR count). The molecule has 1 aromatic carbocycles. The predicted octanol–water partition coefficient (Wildman–Crippen LogP) is 3.13. The number of nitrogens with two attached hydrogens (primary N) is 1. The highest BCUT2D eigenvalue weighted by atomic mass is 35.5. The number of amides is 1. The zero-order valence-corrected chi connectivity index (χ0v) is 15.7. The van der Waals surface area contributed by atoms with Crippen LogP contribution in [0.1, 0.15) is 37.7 Å². The molecule has 2 fully saturated rings. The molecular weight excluding hydrogens is 381 g/mol. The maximum Gasteiger partial charge on any atom is 0.423 e. The molecule has 0 spiro atoms. The third-order valence-electron chi connectivity index (χ3n) is 6.02. The summed E-state index contributed by atoms with van der Waals surface area (Å²) in [6, 6.07) is 6.94. The monoisotopic (exact) mass is 406 g/mol. The van der Waals surface area contributed by atoms with Gasteiger partial charge in [-0.15, -0.1) is 12.4 Å². The molecule has 0 heterocycles. The second kappa shape index (κ2) is 8.37. The third kappa shape index (κ3) is 4.41. The van der Waals surface area contributed by atoms with Gasteiger partial charge in [0, 0.05) is 12.0 Å². The number of fused-ring (bicyclic) bond motifs is 2. The van der Waals surface area contributed by atoms with Crippen LogP contribution in [0.2, 0.25) is 0 Å². The van der Waals surface area contributed by atoms with Gasteiger partial charge < -0.3 is 16.2 Å². The van der Waals surface area contributed by atoms with Gasteiger partial charge in [-0.25, -0.2) is 0 Å². The number of carbonyl (C=O) groups excluding carboxylic acids is 1. The Morgan fingerprint density at radius 3 is 2.22 bits per heavy atom. The maximum absolute atomic E-state index is 13.5. The number of halogens is 4. The average molecular weight is 407 g/mol. The van der Waals surface area contributed by atoms with Crippen LogP contribution in [-0.2, 0) is 10.4 Å². The van der Waals surface area contributed by atoms with Crippen molar-refractivity contribution in [2.24, 2.45) is 23.5 Å². The Kier molecular flexibility index (Phi) is 6.81. The van der Waals surface area contributed by atoms with Crippen LogP contribution < -0.4 is 11.1 Å². The number of alkyl halides is 3. The Balaban J connectivity index is 0.00000261. The highest BCUT2D eigenvalue weighted by Gasteiger charge is 2.55. The predicted molar refractivity (Wildman–Crippen MR) is 98.2 cm³/mol. The SMILES string of the molecule is Cl.NC1C2CCCC1CC(C(=O)NCC(O)(c1ccccc1)C(F)(F)F)C2. The lowest BCUT2D eigenvalue weighted by molar-refractivity contribution is -0.264. The molecule has 2 saturated carbocycles. The van der Waals surface area contributed by atoms with Crippen LogP contribution in [0.15, 0.2) is 30.3 Å². The fraction of sp³-hybridized carbons (Fsp3) is 0.632. The van der Waals surface area contributed by atoms with Gasteiger partial charge >= 0.3 is 6.18 Å². The first-order chi connectivity index (χ1) is 12.2. The summed E-state index contributed by atoms with van der Waals surface area (Å²) in [5, 5.41) is 12.7. The van der Waals surface area contributed by atoms with Crippen molar-refractivity contribution in [3.05, 3.63) is 35.9 Å². The lowest BCUT2D eigenvalue weighted by Gasteiger charge is -2.43. The highest BCUT2D eigenvalue weighted by Crippen LogP contribution is 2.42. The fourth-order valence-corrected chi connectivity index (χ4v) is 4.44. The van der Waals surface area contributed by atoms with Crippen molar-refractivity contribution in [3.8, 4) is 0 Å². The lowest BCUT2D eigenvalue weighted by atomic mass is 9.65. The zero-order valence-electron chi connectivity index (χ0n) is 14.9. The summed E-state index contributed by atoms with van der Waals surface area (Å²) in [4.78, 5) is 12.5. The molecular formula is C19H26ClF3N2O2. The molecule has 152 valence electrons. The van der Waals surface area contributed by atoms with E-state index in [1.165, 1.54) is 24.3 Å². The molecule has 2 bridgehead atoms. The summed E-state index contributed by atoms with van der Waals surface area (Å²) in [7, 11) is 0. The van der Waals surface area contributed by atoms with Gasteiger partial charge in [0.15, 0.2) is 0 Å². The number of hydrogen-bond acceptors (Lipinski definition) is 3. The standard InChI is InChI=1S/C19H25F3N2O2.ClH/c20-19(21,22)18(26,15-7-2-1-3-8-15)11-24-17(25)14-9-12-5-4-6-13(10-14)16(12)23;/h1-3,7-8,12-14,16,26H,4-6,9-11,23H2,(H,24,25);1H. The molecule has 4 N–H and O–H groups in total. The molecule has 4 nitrogen and oxygen atoms in total. The van der Waals surface area contributed by atoms with Crippen molar-refractivity contribution >= 4 is 18.3 Å². The molecule has 0 radical (unpaired) electrons. The topological polar surface area (TPSA) is 75.4 Å². The minimum atomic E-state index is -4.90. The average Bonchev–Trinajstić information content (AvgIpc) is 2.59. The maximum atomic E-state index is 13.5. The lowest BCUT2D eigenvalue weighted by Crippen LogP contribution is -2.53. The smallest absolute Gasteiger partial charge is 0.375 e. The van der Waals surface area contributed by atoms with Crippen molar-refractivity contribution in [1.82, 2.24) is 5.32 Å². The van der Waals surface area contributed by atoms with Gasteiger partial charge in [-0.05, 0) is 43.1 Å². The van der Waals surface area contributed by atoms with Crippen molar-refractivity contribution in [3.63, 3.8) is 0 Å². The summed E-state index contributed by atoms with van der Waals surface area (Å²) in [6.07, 6.45) is -0.638. The van der Waals surface area contributed by atoms with E-state index in [1.807, 2.05) is 0 Å². The summed E-state index contributed by atoms with van der Waals surface area (Å²) < 4.78 is 40.5. The minimum Gasteiger partial charge on any atom is -0.375 e. The molecule has 0 aliphatic heterocycles. The van der Waals surface area contributed by atoms with Crippen molar-refractivity contribution < 1.29 is 23.1 Å². The van der Waals surface area contributed by atoms with Crippen molar-refractivity contribution in [1.29, 1.82) is 0 Å². The third-order valence-corrected chi connectivity index (χ3v) is 6.02. The largest absolute Gasteiger partial charge is 0.423 e. The second-order valence-corrected chi connectivity index (χ2v) is 7.64. The summed E-state index contributed by atoms with van der Waals surface area (Å²) >= 11 is 0. The second-order valence-electron chi connectivity index (χ2n) is 7.64. The Bertz CT molecular complexity index is 630. The number of hydrogen-bond donors (Lipinski definition) is 3. The molecule has 1 aromatic rings. The van der Waals surface area contributed by atoms with Gasteiger partial charge in [0.1, 0.15) is 0 Å². The van der Waals surface area contributed by atoms with Gasteiger partial charge in [-0.2, -0.15) is 13.2 Å². The van der Waals surface area contributed by atoms with E-state index >= 15 is 0 Å². The Morgan fingerprint density at radius 1 is 1.15 bits per heavy atom. The minimum absolute atomic E-state index is 0. The summed E-state index contributed by atoms with van der Waals surface area (Å²) in [5.41, 5.74) is 2.81. The number of rotatable bonds is 4. The van der Waals surface area contributed by atoms with E-state index in [0.717, 1.165) is 19.3 Å². The zero-order chi connectivity index (χ0) is 18.9. The van der Waals surface area contributed by atoms with E-state index in [9.17, 15) is 23.1 Å². The van der Waals surface area contributed by atoms with Crippen LogP contribution in [0.25, 0.3) is 0 Å². The molecule has 2 aliphatic rings. The molecule has 2 aliphatic carbocycles. The van der Waals surface area contributed by atoms with E-state index in [2.05, 4.69) is 5.32 Å². The van der Waals surface area contributed by atoms with Crippen LogP contribution >= 0.6 is 12.4 Å². The molecule has 0 saturated heterocycles. The van der Waals surface area contributed by atoms with E-state index in [1.54, 1.807) is 6.07 Å². The Morgan fingerprint density at radius 2 is 1.70 bits per heavy atom. The van der Waals surface area contributed by atoms with E-state index in [-0.39, 0.29) is 41.8 Å². The van der Waals surface area contributed by atoms with E-state index in [0.29, 0.717) is 12.8 Å². The number of nitrogens with one attached hydrogen (secondary N) is 1. The molecule has 27 heavy (non-hydrogen) atoms. The first-order valence-corrected chi connectivity index (χ1v) is 9.10. The van der Waals surface area contributed by atoms with E-state index < -0.39 is 24.2 Å². The van der Waals surface area contributed by atoms with Crippen molar-refractivity contribution in [2.45, 2.75) is 49.9 Å².